The smallest absolute Gasteiger partial charge is 0.387 e. The van der Waals surface area contributed by atoms with Gasteiger partial charge in [-0.05, 0) is 13.0 Å². The molecule has 0 N–H and O–H groups in total. The molecule has 0 radical (unpaired) electrons. The summed E-state index contributed by atoms with van der Waals surface area (Å²) in [5.74, 6) is -1.50. The maximum Gasteiger partial charge on any atom is 0.387 e. The Balaban J connectivity index is 3.54. The first-order valence-electron chi connectivity index (χ1n) is 4.60. The molecule has 18 heavy (non-hydrogen) atoms. The summed E-state index contributed by atoms with van der Waals surface area (Å²) in [5, 5.41) is 10.7. The number of nitrogens with zero attached hydrogens (tertiary/aromatic N) is 1. The molecule has 1 aromatic carbocycles. The molecule has 0 heterocycles. The Hall–Kier alpha value is -2.38. The molecule has 0 atom stereocenters. The molecule has 0 unspecified atom stereocenters. The van der Waals surface area contributed by atoms with Crippen LogP contribution in [-0.4, -0.2) is 23.6 Å². The van der Waals surface area contributed by atoms with Crippen LogP contribution in [0.15, 0.2) is 12.1 Å². The second-order valence-corrected chi connectivity index (χ2v) is 3.22. The number of alkyl halides is 2. The molecular weight excluding hydrogens is 252 g/mol. The van der Waals surface area contributed by atoms with Crippen molar-refractivity contribution in [2.75, 3.05) is 0 Å². The monoisotopic (exact) mass is 259 g/mol. The summed E-state index contributed by atoms with van der Waals surface area (Å²) in [6.07, 6.45) is 0.231. The maximum absolute atomic E-state index is 12.1. The van der Waals surface area contributed by atoms with Crippen LogP contribution in [0.3, 0.4) is 0 Å². The number of aldehydes is 1. The largest absolute Gasteiger partial charge is 0.434 e. The Morgan fingerprint density at radius 2 is 2.11 bits per heavy atom. The van der Waals surface area contributed by atoms with E-state index in [4.69, 9.17) is 0 Å². The molecule has 96 valence electrons. The van der Waals surface area contributed by atoms with Crippen LogP contribution in [0.25, 0.3) is 0 Å². The van der Waals surface area contributed by atoms with Crippen LogP contribution in [0.2, 0.25) is 0 Å². The molecule has 0 saturated heterocycles. The average molecular weight is 259 g/mol. The van der Waals surface area contributed by atoms with Gasteiger partial charge in [-0.15, -0.1) is 0 Å². The van der Waals surface area contributed by atoms with Gasteiger partial charge in [-0.2, -0.15) is 8.78 Å². The predicted octanol–water partition coefficient (Wildman–Crippen LogP) is 2.21. The molecule has 1 aromatic rings. The fraction of sp³-hybridized carbons (Fsp3) is 0.200. The molecule has 0 aliphatic carbocycles. The summed E-state index contributed by atoms with van der Waals surface area (Å²) < 4.78 is 28.3. The number of halogens is 2. The number of nitro benzene ring substituents is 1. The lowest BCUT2D eigenvalue weighted by Crippen LogP contribution is -2.09. The van der Waals surface area contributed by atoms with Crippen molar-refractivity contribution in [3.05, 3.63) is 33.4 Å². The SMILES string of the molecule is CC(=O)c1c(OC(F)F)cc(C=O)cc1[N+](=O)[O-]. The fourth-order valence-corrected chi connectivity index (χ4v) is 1.38. The van der Waals surface area contributed by atoms with Gasteiger partial charge in [0.1, 0.15) is 17.6 Å². The number of Topliss-reactive ketones (excluding diaryl/α,β-unsaturated/α-hetero) is 1. The van der Waals surface area contributed by atoms with E-state index in [2.05, 4.69) is 4.74 Å². The molecule has 0 bridgehead atoms. The highest BCUT2D eigenvalue weighted by Crippen LogP contribution is 2.31. The second-order valence-electron chi connectivity index (χ2n) is 3.22. The molecule has 1 rings (SSSR count). The molecule has 0 fully saturated rings. The topological polar surface area (TPSA) is 86.5 Å². The van der Waals surface area contributed by atoms with E-state index in [0.29, 0.717) is 0 Å². The highest BCUT2D eigenvalue weighted by atomic mass is 19.3. The minimum absolute atomic E-state index is 0.231. The first-order valence-corrected chi connectivity index (χ1v) is 4.60. The zero-order valence-corrected chi connectivity index (χ0v) is 9.05. The minimum atomic E-state index is -3.26. The summed E-state index contributed by atoms with van der Waals surface area (Å²) in [6, 6.07) is 1.67. The van der Waals surface area contributed by atoms with Crippen LogP contribution in [-0.2, 0) is 0 Å². The van der Waals surface area contributed by atoms with Gasteiger partial charge in [-0.25, -0.2) is 0 Å². The number of hydrogen-bond acceptors (Lipinski definition) is 5. The molecule has 8 heteroatoms. The normalized spacial score (nSPS) is 10.2. The molecule has 0 aliphatic heterocycles. The lowest BCUT2D eigenvalue weighted by molar-refractivity contribution is -0.385. The zero-order chi connectivity index (χ0) is 13.9. The average Bonchev–Trinajstić information content (AvgIpc) is 2.26. The standard InChI is InChI=1S/C10H7F2NO5/c1-5(15)9-7(13(16)17)2-6(4-14)3-8(9)18-10(11)12/h2-4,10H,1H3. The Morgan fingerprint density at radius 1 is 1.50 bits per heavy atom. The van der Waals surface area contributed by atoms with Crippen LogP contribution < -0.4 is 4.74 Å². The third-order valence-electron chi connectivity index (χ3n) is 2.00. The number of rotatable bonds is 5. The van der Waals surface area contributed by atoms with Crippen molar-refractivity contribution in [3.8, 4) is 5.75 Å². The molecule has 0 spiro atoms. The number of carbonyl (C=O) groups is 2. The van der Waals surface area contributed by atoms with Gasteiger partial charge in [0, 0.05) is 11.6 Å². The molecule has 0 aliphatic rings. The van der Waals surface area contributed by atoms with Crippen LogP contribution >= 0.6 is 0 Å². The number of ether oxygens (including phenoxy) is 1. The molecule has 0 saturated carbocycles. The number of hydrogen-bond donors (Lipinski definition) is 0. The Labute approximate surface area is 99.3 Å². The van der Waals surface area contributed by atoms with Crippen molar-refractivity contribution in [3.63, 3.8) is 0 Å². The fourth-order valence-electron chi connectivity index (χ4n) is 1.38. The van der Waals surface area contributed by atoms with Crippen LogP contribution in [0, 0.1) is 10.1 Å². The molecule has 6 nitrogen and oxygen atoms in total. The summed E-state index contributed by atoms with van der Waals surface area (Å²) in [4.78, 5) is 31.6. The third kappa shape index (κ3) is 2.84. The molecular formula is C10H7F2NO5. The first-order chi connectivity index (χ1) is 8.36. The van der Waals surface area contributed by atoms with E-state index in [1.54, 1.807) is 0 Å². The Bertz CT molecular complexity index is 515. The lowest BCUT2D eigenvalue weighted by atomic mass is 10.1. The molecule has 0 aromatic heterocycles. The Morgan fingerprint density at radius 3 is 2.50 bits per heavy atom. The third-order valence-corrected chi connectivity index (χ3v) is 2.00. The number of benzene rings is 1. The lowest BCUT2D eigenvalue weighted by Gasteiger charge is -2.09. The minimum Gasteiger partial charge on any atom is -0.434 e. The van der Waals surface area contributed by atoms with Crippen molar-refractivity contribution < 1.29 is 28.0 Å². The van der Waals surface area contributed by atoms with Crippen molar-refractivity contribution in [1.82, 2.24) is 0 Å². The van der Waals surface area contributed by atoms with E-state index >= 15 is 0 Å². The van der Waals surface area contributed by atoms with Gasteiger partial charge in [-0.1, -0.05) is 0 Å². The quantitative estimate of drug-likeness (QED) is 0.350. The zero-order valence-electron chi connectivity index (χ0n) is 9.05. The highest BCUT2D eigenvalue weighted by Gasteiger charge is 2.25. The summed E-state index contributed by atoms with van der Waals surface area (Å²) in [5.41, 5.74) is -1.57. The summed E-state index contributed by atoms with van der Waals surface area (Å²) in [6.45, 7) is -2.29. The van der Waals surface area contributed by atoms with Crippen molar-refractivity contribution in [2.45, 2.75) is 13.5 Å². The van der Waals surface area contributed by atoms with Gasteiger partial charge in [-0.3, -0.25) is 19.7 Å². The van der Waals surface area contributed by atoms with Gasteiger partial charge in [0.15, 0.2) is 5.78 Å². The van der Waals surface area contributed by atoms with Gasteiger partial charge >= 0.3 is 6.61 Å². The van der Waals surface area contributed by atoms with E-state index in [0.717, 1.165) is 19.1 Å². The van der Waals surface area contributed by atoms with Crippen molar-refractivity contribution >= 4 is 17.8 Å². The Kier molecular flexibility index (Phi) is 4.03. The van der Waals surface area contributed by atoms with Gasteiger partial charge in [0.05, 0.1) is 4.92 Å². The van der Waals surface area contributed by atoms with E-state index in [1.165, 1.54) is 0 Å². The van der Waals surface area contributed by atoms with Gasteiger partial charge < -0.3 is 4.74 Å². The van der Waals surface area contributed by atoms with E-state index in [9.17, 15) is 28.5 Å². The second kappa shape index (κ2) is 5.30. The van der Waals surface area contributed by atoms with E-state index in [1.807, 2.05) is 0 Å². The highest BCUT2D eigenvalue weighted by molar-refractivity contribution is 6.02. The molecule has 0 amide bonds. The number of ketones is 1. The summed E-state index contributed by atoms with van der Waals surface area (Å²) in [7, 11) is 0. The van der Waals surface area contributed by atoms with Crippen molar-refractivity contribution in [2.24, 2.45) is 0 Å². The van der Waals surface area contributed by atoms with Crippen LogP contribution in [0.5, 0.6) is 5.75 Å². The van der Waals surface area contributed by atoms with Crippen LogP contribution in [0.4, 0.5) is 14.5 Å². The van der Waals surface area contributed by atoms with E-state index < -0.39 is 34.3 Å². The van der Waals surface area contributed by atoms with E-state index in [-0.39, 0.29) is 11.8 Å². The van der Waals surface area contributed by atoms with Gasteiger partial charge in [0.25, 0.3) is 5.69 Å². The number of nitro groups is 1. The first kappa shape index (κ1) is 13.7. The van der Waals surface area contributed by atoms with Crippen molar-refractivity contribution in [1.29, 1.82) is 0 Å². The predicted molar refractivity (Wildman–Crippen MR) is 55.1 cm³/mol. The number of carbonyl (C=O) groups excluding carboxylic acids is 2. The maximum atomic E-state index is 12.1. The summed E-state index contributed by atoms with van der Waals surface area (Å²) >= 11 is 0. The van der Waals surface area contributed by atoms with Gasteiger partial charge in [0.2, 0.25) is 0 Å². The van der Waals surface area contributed by atoms with Crippen LogP contribution in [0.1, 0.15) is 27.6 Å².